The van der Waals surface area contributed by atoms with Crippen LogP contribution in [0.5, 0.6) is 5.75 Å². The number of halogens is 1. The van der Waals surface area contributed by atoms with Crippen molar-refractivity contribution in [3.63, 3.8) is 0 Å². The number of aliphatic hydroxyl groups is 1. The Balaban J connectivity index is 0.00000288. The van der Waals surface area contributed by atoms with Gasteiger partial charge in [-0.05, 0) is 30.9 Å². The van der Waals surface area contributed by atoms with Gasteiger partial charge >= 0.3 is 0 Å². The quantitative estimate of drug-likeness (QED) is 0.305. The molecule has 1 aliphatic rings. The molecule has 1 aliphatic heterocycles. The zero-order valence-corrected chi connectivity index (χ0v) is 17.2. The van der Waals surface area contributed by atoms with Crippen LogP contribution >= 0.6 is 24.0 Å². The summed E-state index contributed by atoms with van der Waals surface area (Å²) in [7, 11) is 0. The predicted octanol–water partition coefficient (Wildman–Crippen LogP) is 2.84. The topological polar surface area (TPSA) is 57.1 Å². The number of para-hydroxylation sites is 1. The van der Waals surface area contributed by atoms with Crippen molar-refractivity contribution < 1.29 is 9.84 Å². The number of benzene rings is 1. The van der Waals surface area contributed by atoms with Crippen LogP contribution in [0, 0.1) is 0 Å². The summed E-state index contributed by atoms with van der Waals surface area (Å²) in [5, 5.41) is 13.0. The highest BCUT2D eigenvalue weighted by Gasteiger charge is 2.22. The average molecular weight is 447 g/mol. The van der Waals surface area contributed by atoms with Gasteiger partial charge in [-0.2, -0.15) is 0 Å². The van der Waals surface area contributed by atoms with Crippen LogP contribution < -0.4 is 10.1 Å². The molecule has 1 heterocycles. The number of nitrogens with zero attached hydrogens (tertiary/aromatic N) is 2. The fourth-order valence-electron chi connectivity index (χ4n) is 2.76. The third-order valence-electron chi connectivity index (χ3n) is 3.95. The first-order valence-corrected chi connectivity index (χ1v) is 8.54. The minimum Gasteiger partial charge on any atom is -0.491 e. The molecule has 0 aromatic heterocycles. The van der Waals surface area contributed by atoms with Crippen molar-refractivity contribution >= 4 is 29.9 Å². The molecule has 0 amide bonds. The van der Waals surface area contributed by atoms with Gasteiger partial charge in [0, 0.05) is 19.6 Å². The van der Waals surface area contributed by atoms with Gasteiger partial charge in [-0.1, -0.05) is 32.0 Å². The number of ether oxygens (including phenoxy) is 1. The molecule has 0 saturated carbocycles. The number of hydrogen-bond donors (Lipinski definition) is 2. The third-order valence-corrected chi connectivity index (χ3v) is 3.95. The lowest BCUT2D eigenvalue weighted by Crippen LogP contribution is -2.40. The highest BCUT2D eigenvalue weighted by molar-refractivity contribution is 14.0. The van der Waals surface area contributed by atoms with Crippen LogP contribution in [-0.4, -0.2) is 54.9 Å². The first-order chi connectivity index (χ1) is 11.1. The van der Waals surface area contributed by atoms with E-state index in [2.05, 4.69) is 42.0 Å². The largest absolute Gasteiger partial charge is 0.491 e. The number of aliphatic hydroxyl groups excluding tert-OH is 1. The summed E-state index contributed by atoms with van der Waals surface area (Å²) in [5.74, 6) is 2.25. The predicted molar refractivity (Wildman–Crippen MR) is 110 cm³/mol. The van der Waals surface area contributed by atoms with Gasteiger partial charge in [0.25, 0.3) is 0 Å². The summed E-state index contributed by atoms with van der Waals surface area (Å²) in [6, 6.07) is 8.17. The van der Waals surface area contributed by atoms with Crippen LogP contribution in [0.4, 0.5) is 0 Å². The van der Waals surface area contributed by atoms with Gasteiger partial charge in [-0.3, -0.25) is 0 Å². The van der Waals surface area contributed by atoms with E-state index in [-0.39, 0.29) is 30.1 Å². The average Bonchev–Trinajstić information content (AvgIpc) is 2.97. The molecule has 6 heteroatoms. The minimum atomic E-state index is -0.243. The van der Waals surface area contributed by atoms with Gasteiger partial charge in [0.05, 0.1) is 12.6 Å². The summed E-state index contributed by atoms with van der Waals surface area (Å²) in [6.07, 6.45) is 0.566. The van der Waals surface area contributed by atoms with Crippen LogP contribution in [0.15, 0.2) is 29.3 Å². The van der Waals surface area contributed by atoms with E-state index in [1.54, 1.807) is 0 Å². The first kappa shape index (κ1) is 21.0. The molecule has 0 spiro atoms. The number of nitrogens with one attached hydrogen (secondary N) is 1. The van der Waals surface area contributed by atoms with E-state index in [4.69, 9.17) is 4.74 Å². The maximum Gasteiger partial charge on any atom is 0.194 e. The van der Waals surface area contributed by atoms with Gasteiger partial charge < -0.3 is 20.1 Å². The maximum absolute atomic E-state index is 9.67. The minimum absolute atomic E-state index is 0. The molecule has 1 atom stereocenters. The molecule has 1 saturated heterocycles. The maximum atomic E-state index is 9.67. The Morgan fingerprint density at radius 3 is 2.79 bits per heavy atom. The van der Waals surface area contributed by atoms with Gasteiger partial charge in [-0.25, -0.2) is 4.99 Å². The van der Waals surface area contributed by atoms with Crippen LogP contribution in [0.3, 0.4) is 0 Å². The summed E-state index contributed by atoms with van der Waals surface area (Å²) in [6.45, 7) is 9.87. The zero-order valence-electron chi connectivity index (χ0n) is 14.9. The number of hydrogen-bond acceptors (Lipinski definition) is 3. The highest BCUT2D eigenvalue weighted by Crippen LogP contribution is 2.25. The van der Waals surface area contributed by atoms with Crippen molar-refractivity contribution in [2.45, 2.75) is 39.2 Å². The molecule has 2 rings (SSSR count). The molecule has 1 fully saturated rings. The molecular weight excluding hydrogens is 417 g/mol. The van der Waals surface area contributed by atoms with Crippen LogP contribution in [0.1, 0.15) is 38.7 Å². The van der Waals surface area contributed by atoms with Crippen molar-refractivity contribution in [3.05, 3.63) is 29.8 Å². The van der Waals surface area contributed by atoms with E-state index in [0.717, 1.165) is 31.2 Å². The number of likely N-dealkylation sites (tertiary alicyclic amines) is 1. The van der Waals surface area contributed by atoms with Crippen molar-refractivity contribution in [3.8, 4) is 5.75 Å². The molecule has 136 valence electrons. The highest BCUT2D eigenvalue weighted by atomic mass is 127. The van der Waals surface area contributed by atoms with E-state index >= 15 is 0 Å². The monoisotopic (exact) mass is 447 g/mol. The van der Waals surface area contributed by atoms with Gasteiger partial charge in [0.1, 0.15) is 12.4 Å². The smallest absolute Gasteiger partial charge is 0.194 e. The Bertz CT molecular complexity index is 523. The van der Waals surface area contributed by atoms with E-state index in [0.29, 0.717) is 25.6 Å². The fraction of sp³-hybridized carbons (Fsp3) is 0.611. The molecular formula is C18H30IN3O2. The Labute approximate surface area is 162 Å². The van der Waals surface area contributed by atoms with E-state index in [9.17, 15) is 5.11 Å². The van der Waals surface area contributed by atoms with Crippen molar-refractivity contribution in [2.24, 2.45) is 4.99 Å². The van der Waals surface area contributed by atoms with Gasteiger partial charge in [0.15, 0.2) is 5.96 Å². The summed E-state index contributed by atoms with van der Waals surface area (Å²) < 4.78 is 5.91. The molecule has 1 aromatic carbocycles. The molecule has 0 bridgehead atoms. The molecule has 0 aliphatic carbocycles. The first-order valence-electron chi connectivity index (χ1n) is 8.54. The fourth-order valence-corrected chi connectivity index (χ4v) is 2.76. The zero-order chi connectivity index (χ0) is 16.7. The second-order valence-electron chi connectivity index (χ2n) is 6.17. The van der Waals surface area contributed by atoms with Crippen molar-refractivity contribution in [1.29, 1.82) is 0 Å². The number of aliphatic imine (C=N–C) groups is 1. The van der Waals surface area contributed by atoms with Gasteiger partial charge in [0.2, 0.25) is 0 Å². The van der Waals surface area contributed by atoms with E-state index in [1.807, 2.05) is 18.2 Å². The van der Waals surface area contributed by atoms with Gasteiger partial charge in [-0.15, -0.1) is 24.0 Å². The van der Waals surface area contributed by atoms with E-state index < -0.39 is 0 Å². The standard InChI is InChI=1S/C18H29N3O2.HI/c1-4-19-18(21-11-9-15(22)13-21)20-10-12-23-17-8-6-5-7-16(17)14(2)3;/h5-8,14-15,22H,4,9-13H2,1-3H3,(H,19,20);1H/t15-;/m1./s1. The molecule has 0 radical (unpaired) electrons. The Hall–Kier alpha value is -1.02. The van der Waals surface area contributed by atoms with Crippen molar-refractivity contribution in [2.75, 3.05) is 32.8 Å². The molecule has 0 unspecified atom stereocenters. The van der Waals surface area contributed by atoms with Crippen LogP contribution in [0.25, 0.3) is 0 Å². The SMILES string of the molecule is CCNC(=NCCOc1ccccc1C(C)C)N1CC[C@@H](O)C1.I. The lowest BCUT2D eigenvalue weighted by Gasteiger charge is -2.21. The molecule has 2 N–H and O–H groups in total. The normalized spacial score (nSPS) is 17.8. The molecule has 24 heavy (non-hydrogen) atoms. The molecule has 5 nitrogen and oxygen atoms in total. The van der Waals surface area contributed by atoms with Crippen molar-refractivity contribution in [1.82, 2.24) is 10.2 Å². The lowest BCUT2D eigenvalue weighted by atomic mass is 10.0. The molecule has 1 aromatic rings. The lowest BCUT2D eigenvalue weighted by molar-refractivity contribution is 0.187. The summed E-state index contributed by atoms with van der Waals surface area (Å²) in [4.78, 5) is 6.72. The summed E-state index contributed by atoms with van der Waals surface area (Å²) in [5.41, 5.74) is 1.23. The second kappa shape index (κ2) is 10.8. The Morgan fingerprint density at radius 2 is 2.17 bits per heavy atom. The van der Waals surface area contributed by atoms with Crippen LogP contribution in [0.2, 0.25) is 0 Å². The third kappa shape index (κ3) is 6.12. The Morgan fingerprint density at radius 1 is 1.42 bits per heavy atom. The Kier molecular flexibility index (Phi) is 9.43. The number of guanidine groups is 1. The van der Waals surface area contributed by atoms with E-state index in [1.165, 1.54) is 5.56 Å². The van der Waals surface area contributed by atoms with Crippen LogP contribution in [-0.2, 0) is 0 Å². The number of rotatable bonds is 6. The number of β-amino-alcohol motifs (C(OH)–C–C–N with tert-alkyl or cyclic N) is 1. The summed E-state index contributed by atoms with van der Waals surface area (Å²) >= 11 is 0. The second-order valence-corrected chi connectivity index (χ2v) is 6.17.